The van der Waals surface area contributed by atoms with Gasteiger partial charge in [0.25, 0.3) is 5.91 Å². The number of aromatic nitrogens is 4. The summed E-state index contributed by atoms with van der Waals surface area (Å²) in [4.78, 5) is 24.0. The molecule has 7 heteroatoms. The lowest BCUT2D eigenvalue weighted by atomic mass is 9.87. The lowest BCUT2D eigenvalue weighted by molar-refractivity contribution is 0.0925. The molecule has 1 fully saturated rings. The van der Waals surface area contributed by atoms with Crippen molar-refractivity contribution >= 4 is 11.9 Å². The second kappa shape index (κ2) is 8.03. The highest BCUT2D eigenvalue weighted by Gasteiger charge is 2.33. The second-order valence-electron chi connectivity index (χ2n) is 7.79. The van der Waals surface area contributed by atoms with Gasteiger partial charge in [-0.05, 0) is 43.5 Å². The largest absolute Gasteiger partial charge is 0.349 e. The van der Waals surface area contributed by atoms with Crippen molar-refractivity contribution in [2.24, 2.45) is 7.05 Å². The number of hydrogen-bond acceptors (Lipinski definition) is 5. The van der Waals surface area contributed by atoms with Crippen molar-refractivity contribution in [2.75, 3.05) is 18.0 Å². The highest BCUT2D eigenvalue weighted by molar-refractivity contribution is 5.94. The maximum atomic E-state index is 12.8. The van der Waals surface area contributed by atoms with Gasteiger partial charge in [-0.25, -0.2) is 9.97 Å². The lowest BCUT2D eigenvalue weighted by Crippen LogP contribution is -2.50. The summed E-state index contributed by atoms with van der Waals surface area (Å²) < 4.78 is 1.80. The van der Waals surface area contributed by atoms with E-state index in [2.05, 4.69) is 25.3 Å². The number of amides is 1. The number of hydrogen-bond donors (Lipinski definition) is 1. The van der Waals surface area contributed by atoms with E-state index in [1.165, 1.54) is 0 Å². The number of nitrogens with one attached hydrogen (secondary N) is 1. The molecule has 0 bridgehead atoms. The molecule has 0 spiro atoms. The molecule has 1 saturated heterocycles. The van der Waals surface area contributed by atoms with Gasteiger partial charge in [0.15, 0.2) is 0 Å². The topological polar surface area (TPSA) is 75.9 Å². The first-order valence-electron chi connectivity index (χ1n) is 9.89. The standard InChI is InChI=1S/C22H26N6O/c1-15-4-6-17(7-5-15)21(29)26-20-8-9-28(22-23-10-16(2)11-24-22)14-19(20)18-12-25-27(3)13-18/h4-7,10-13,19-20H,8-9,14H2,1-3H3,(H,26,29)/t19-,20-/m0/s1. The lowest BCUT2D eigenvalue weighted by Gasteiger charge is -2.38. The molecule has 0 aliphatic carbocycles. The zero-order chi connectivity index (χ0) is 20.4. The summed E-state index contributed by atoms with van der Waals surface area (Å²) in [5, 5.41) is 7.59. The molecule has 1 aromatic carbocycles. The molecule has 1 amide bonds. The van der Waals surface area contributed by atoms with Crippen molar-refractivity contribution in [3.63, 3.8) is 0 Å². The van der Waals surface area contributed by atoms with Gasteiger partial charge in [-0.1, -0.05) is 17.7 Å². The van der Waals surface area contributed by atoms with E-state index in [1.54, 1.807) is 4.68 Å². The Bertz CT molecular complexity index is 979. The van der Waals surface area contributed by atoms with Crippen LogP contribution in [-0.4, -0.2) is 44.8 Å². The first kappa shape index (κ1) is 19.1. The van der Waals surface area contributed by atoms with E-state index >= 15 is 0 Å². The molecule has 150 valence electrons. The summed E-state index contributed by atoms with van der Waals surface area (Å²) in [7, 11) is 1.91. The minimum atomic E-state index is -0.0380. The van der Waals surface area contributed by atoms with Crippen LogP contribution in [0.3, 0.4) is 0 Å². The smallest absolute Gasteiger partial charge is 0.251 e. The second-order valence-corrected chi connectivity index (χ2v) is 7.79. The van der Waals surface area contributed by atoms with E-state index in [4.69, 9.17) is 0 Å². The summed E-state index contributed by atoms with van der Waals surface area (Å²) in [6, 6.07) is 7.70. The van der Waals surface area contributed by atoms with Crippen LogP contribution in [-0.2, 0) is 7.05 Å². The van der Waals surface area contributed by atoms with E-state index in [-0.39, 0.29) is 17.9 Å². The number of carbonyl (C=O) groups is 1. The summed E-state index contributed by atoms with van der Waals surface area (Å²) in [5.41, 5.74) is 3.97. The van der Waals surface area contributed by atoms with Crippen LogP contribution < -0.4 is 10.2 Å². The maximum Gasteiger partial charge on any atom is 0.251 e. The third kappa shape index (κ3) is 4.29. The van der Waals surface area contributed by atoms with Gasteiger partial charge in [0.1, 0.15) is 0 Å². The first-order valence-corrected chi connectivity index (χ1v) is 9.89. The minimum Gasteiger partial charge on any atom is -0.349 e. The SMILES string of the molecule is Cc1ccc(C(=O)N[C@H]2CCN(c3ncc(C)cn3)C[C@H]2c2cnn(C)c2)cc1. The minimum absolute atomic E-state index is 0.0229. The number of benzene rings is 1. The Kier molecular flexibility index (Phi) is 5.29. The van der Waals surface area contributed by atoms with Crippen molar-refractivity contribution in [1.82, 2.24) is 25.1 Å². The number of aryl methyl sites for hydroxylation is 3. The fourth-order valence-corrected chi connectivity index (χ4v) is 3.78. The van der Waals surface area contributed by atoms with E-state index < -0.39 is 0 Å². The number of carbonyl (C=O) groups excluding carboxylic acids is 1. The molecule has 0 saturated carbocycles. The quantitative estimate of drug-likeness (QED) is 0.741. The average molecular weight is 390 g/mol. The van der Waals surface area contributed by atoms with Crippen LogP contribution >= 0.6 is 0 Å². The summed E-state index contributed by atoms with van der Waals surface area (Å²) in [6.45, 7) is 5.52. The molecule has 1 aliphatic rings. The van der Waals surface area contributed by atoms with Crippen LogP contribution in [0.15, 0.2) is 49.1 Å². The average Bonchev–Trinajstić information content (AvgIpc) is 3.15. The number of nitrogens with zero attached hydrogens (tertiary/aromatic N) is 5. The Morgan fingerprint density at radius 1 is 1.07 bits per heavy atom. The molecule has 3 heterocycles. The monoisotopic (exact) mass is 390 g/mol. The van der Waals surface area contributed by atoms with Gasteiger partial charge in [-0.2, -0.15) is 5.10 Å². The van der Waals surface area contributed by atoms with Crippen LogP contribution in [0.1, 0.15) is 39.4 Å². The number of rotatable bonds is 4. The molecule has 2 atom stereocenters. The third-order valence-electron chi connectivity index (χ3n) is 5.45. The van der Waals surface area contributed by atoms with Gasteiger partial charge in [0.2, 0.25) is 5.95 Å². The van der Waals surface area contributed by atoms with Crippen LogP contribution in [0.4, 0.5) is 5.95 Å². The van der Waals surface area contributed by atoms with Gasteiger partial charge in [0, 0.05) is 56.3 Å². The van der Waals surface area contributed by atoms with Crippen LogP contribution in [0.5, 0.6) is 0 Å². The number of piperidine rings is 1. The van der Waals surface area contributed by atoms with Crippen molar-refractivity contribution in [2.45, 2.75) is 32.2 Å². The Hall–Kier alpha value is -3.22. The van der Waals surface area contributed by atoms with Gasteiger partial charge < -0.3 is 10.2 Å². The molecule has 0 unspecified atom stereocenters. The van der Waals surface area contributed by atoms with Gasteiger partial charge >= 0.3 is 0 Å². The Morgan fingerprint density at radius 2 is 1.79 bits per heavy atom. The van der Waals surface area contributed by atoms with Crippen LogP contribution in [0.25, 0.3) is 0 Å². The van der Waals surface area contributed by atoms with Gasteiger partial charge in [0.05, 0.1) is 6.20 Å². The third-order valence-corrected chi connectivity index (χ3v) is 5.45. The molecule has 0 radical (unpaired) electrons. The summed E-state index contributed by atoms with van der Waals surface area (Å²) in [5.74, 6) is 0.800. The number of anilines is 1. The zero-order valence-corrected chi connectivity index (χ0v) is 17.0. The molecule has 3 aromatic rings. The zero-order valence-electron chi connectivity index (χ0n) is 17.0. The normalized spacial score (nSPS) is 19.2. The van der Waals surface area contributed by atoms with E-state index in [0.717, 1.165) is 42.1 Å². The Balaban J connectivity index is 1.55. The molecular weight excluding hydrogens is 364 g/mol. The predicted molar refractivity (Wildman–Crippen MR) is 112 cm³/mol. The fraction of sp³-hybridized carbons (Fsp3) is 0.364. The molecule has 1 aliphatic heterocycles. The van der Waals surface area contributed by atoms with E-state index in [0.29, 0.717) is 5.56 Å². The van der Waals surface area contributed by atoms with Crippen molar-refractivity contribution in [3.8, 4) is 0 Å². The molecule has 1 N–H and O–H groups in total. The summed E-state index contributed by atoms with van der Waals surface area (Å²) >= 11 is 0. The van der Waals surface area contributed by atoms with Crippen LogP contribution in [0, 0.1) is 13.8 Å². The highest BCUT2D eigenvalue weighted by atomic mass is 16.1. The molecule has 29 heavy (non-hydrogen) atoms. The fourth-order valence-electron chi connectivity index (χ4n) is 3.78. The van der Waals surface area contributed by atoms with Gasteiger partial charge in [-0.15, -0.1) is 0 Å². The van der Waals surface area contributed by atoms with Crippen LogP contribution in [0.2, 0.25) is 0 Å². The molecule has 2 aromatic heterocycles. The Morgan fingerprint density at radius 3 is 2.45 bits per heavy atom. The van der Waals surface area contributed by atoms with E-state index in [1.807, 2.05) is 69.9 Å². The van der Waals surface area contributed by atoms with Crippen molar-refractivity contribution < 1.29 is 4.79 Å². The maximum absolute atomic E-state index is 12.8. The molecular formula is C22H26N6O. The highest BCUT2D eigenvalue weighted by Crippen LogP contribution is 2.29. The Labute approximate surface area is 170 Å². The van der Waals surface area contributed by atoms with Gasteiger partial charge in [-0.3, -0.25) is 9.48 Å². The molecule has 7 nitrogen and oxygen atoms in total. The summed E-state index contributed by atoms with van der Waals surface area (Å²) in [6.07, 6.45) is 8.40. The predicted octanol–water partition coefficient (Wildman–Crippen LogP) is 2.62. The first-order chi connectivity index (χ1) is 14.0. The van der Waals surface area contributed by atoms with Crippen molar-refractivity contribution in [3.05, 3.63) is 71.3 Å². The van der Waals surface area contributed by atoms with Crippen molar-refractivity contribution in [1.29, 1.82) is 0 Å². The molecule has 4 rings (SSSR count). The van der Waals surface area contributed by atoms with E-state index in [9.17, 15) is 4.79 Å².